The van der Waals surface area contributed by atoms with Crippen LogP contribution in [-0.2, 0) is 28.8 Å². The summed E-state index contributed by atoms with van der Waals surface area (Å²) in [5.41, 5.74) is 15.9. The van der Waals surface area contributed by atoms with Crippen LogP contribution >= 0.6 is 0 Å². The van der Waals surface area contributed by atoms with E-state index < -0.39 is 78.7 Å². The van der Waals surface area contributed by atoms with E-state index in [2.05, 4.69) is 16.0 Å². The molecule has 0 heterocycles. The molecule has 0 aliphatic carbocycles. The Kier molecular flexibility index (Phi) is 13.2. The Morgan fingerprint density at radius 2 is 1.42 bits per heavy atom. The second kappa shape index (κ2) is 14.7. The van der Waals surface area contributed by atoms with Gasteiger partial charge in [-0.25, -0.2) is 4.79 Å². The number of aliphatic hydroxyl groups excluding tert-OH is 1. The molecule has 0 spiro atoms. The number of carboxylic acids is 2. The fraction of sp³-hybridized carbons (Fsp3) is 0.667. The van der Waals surface area contributed by atoms with E-state index in [0.717, 1.165) is 6.92 Å². The summed E-state index contributed by atoms with van der Waals surface area (Å²) >= 11 is 0. The van der Waals surface area contributed by atoms with E-state index in [0.29, 0.717) is 19.4 Å². The van der Waals surface area contributed by atoms with Crippen LogP contribution in [0.4, 0.5) is 0 Å². The molecule has 15 nitrogen and oxygen atoms in total. The first-order valence-corrected chi connectivity index (χ1v) is 10.1. The first kappa shape index (κ1) is 29.7. The van der Waals surface area contributed by atoms with Gasteiger partial charge in [0.25, 0.3) is 0 Å². The number of rotatable bonds is 16. The number of nitrogens with one attached hydrogen (secondary N) is 3. The Balaban J connectivity index is 5.41. The number of unbranched alkanes of at least 4 members (excludes halogenated alkanes) is 1. The lowest BCUT2D eigenvalue weighted by Crippen LogP contribution is -2.60. The van der Waals surface area contributed by atoms with Crippen molar-refractivity contribution in [1.82, 2.24) is 16.0 Å². The number of carbonyl (C=O) groups is 6. The molecule has 33 heavy (non-hydrogen) atoms. The number of hydrogen-bond donors (Lipinski definition) is 9. The Morgan fingerprint density at radius 3 is 1.88 bits per heavy atom. The third-order valence-electron chi connectivity index (χ3n) is 4.39. The average Bonchev–Trinajstić information content (AvgIpc) is 2.69. The van der Waals surface area contributed by atoms with E-state index >= 15 is 0 Å². The summed E-state index contributed by atoms with van der Waals surface area (Å²) in [6.45, 7) is 1.46. The van der Waals surface area contributed by atoms with Gasteiger partial charge < -0.3 is 48.5 Å². The molecule has 0 bridgehead atoms. The number of carboxylic acid groups (broad SMARTS) is 2. The second-order valence-electron chi connectivity index (χ2n) is 7.35. The van der Waals surface area contributed by atoms with Crippen LogP contribution in [0.3, 0.4) is 0 Å². The summed E-state index contributed by atoms with van der Waals surface area (Å²) in [6.07, 6.45) is -2.00. The molecular formula is C18H32N6O9. The fourth-order valence-electron chi connectivity index (χ4n) is 2.64. The Labute approximate surface area is 189 Å². The lowest BCUT2D eigenvalue weighted by Gasteiger charge is -2.26. The van der Waals surface area contributed by atoms with Crippen molar-refractivity contribution in [1.29, 1.82) is 0 Å². The summed E-state index contributed by atoms with van der Waals surface area (Å²) < 4.78 is 0. The molecule has 0 aliphatic rings. The van der Waals surface area contributed by atoms with Gasteiger partial charge in [-0.1, -0.05) is 0 Å². The molecule has 5 atom stereocenters. The standard InChI is InChI=1S/C18H32N6O9/c1-8(25)14(24-15(29)9(20)6-13(27)28)17(31)23-11(7-12(21)26)16(30)22-10(18(32)33)4-2-3-5-19/h8-11,14,25H,2-7,19-20H2,1H3,(H2,21,26)(H,22,30)(H,23,31)(H,24,29)(H,27,28)(H,32,33). The summed E-state index contributed by atoms with van der Waals surface area (Å²) in [7, 11) is 0. The molecular weight excluding hydrogens is 444 g/mol. The summed E-state index contributed by atoms with van der Waals surface area (Å²) in [6, 6.07) is -6.12. The lowest BCUT2D eigenvalue weighted by atomic mass is 10.1. The van der Waals surface area contributed by atoms with E-state index in [1.807, 2.05) is 0 Å². The van der Waals surface area contributed by atoms with E-state index in [1.165, 1.54) is 0 Å². The maximum atomic E-state index is 12.6. The van der Waals surface area contributed by atoms with Crippen LogP contribution in [0.2, 0.25) is 0 Å². The molecule has 15 heteroatoms. The number of nitrogens with two attached hydrogens (primary N) is 3. The van der Waals surface area contributed by atoms with Gasteiger partial charge in [-0.15, -0.1) is 0 Å². The zero-order chi connectivity index (χ0) is 25.7. The SMILES string of the molecule is CC(O)C(NC(=O)C(N)CC(=O)O)C(=O)NC(CC(N)=O)C(=O)NC(CCCCN)C(=O)O. The van der Waals surface area contributed by atoms with Crippen molar-refractivity contribution in [2.75, 3.05) is 6.54 Å². The van der Waals surface area contributed by atoms with E-state index in [9.17, 15) is 39.0 Å². The number of primary amides is 1. The van der Waals surface area contributed by atoms with Crippen molar-refractivity contribution >= 4 is 35.6 Å². The lowest BCUT2D eigenvalue weighted by molar-refractivity contribution is -0.142. The second-order valence-corrected chi connectivity index (χ2v) is 7.35. The molecule has 0 aromatic rings. The molecule has 0 rings (SSSR count). The minimum absolute atomic E-state index is 0.0450. The van der Waals surface area contributed by atoms with Gasteiger partial charge in [-0.2, -0.15) is 0 Å². The minimum Gasteiger partial charge on any atom is -0.481 e. The summed E-state index contributed by atoms with van der Waals surface area (Å²) in [5.74, 6) is -6.90. The Hall–Kier alpha value is -3.30. The van der Waals surface area contributed by atoms with E-state index in [-0.39, 0.29) is 6.42 Å². The zero-order valence-electron chi connectivity index (χ0n) is 18.2. The van der Waals surface area contributed by atoms with Gasteiger partial charge in [0, 0.05) is 0 Å². The zero-order valence-corrected chi connectivity index (χ0v) is 18.2. The monoisotopic (exact) mass is 476 g/mol. The van der Waals surface area contributed by atoms with E-state index in [4.69, 9.17) is 22.3 Å². The molecule has 0 aromatic heterocycles. The number of amides is 4. The van der Waals surface area contributed by atoms with Crippen molar-refractivity contribution in [2.24, 2.45) is 17.2 Å². The number of aliphatic carboxylic acids is 2. The summed E-state index contributed by atoms with van der Waals surface area (Å²) in [5, 5.41) is 34.2. The normalized spacial score (nSPS) is 15.3. The van der Waals surface area contributed by atoms with Gasteiger partial charge in [0.2, 0.25) is 23.6 Å². The third kappa shape index (κ3) is 11.8. The smallest absolute Gasteiger partial charge is 0.326 e. The van der Waals surface area contributed by atoms with E-state index in [1.54, 1.807) is 0 Å². The van der Waals surface area contributed by atoms with Gasteiger partial charge in [0.1, 0.15) is 18.1 Å². The van der Waals surface area contributed by atoms with Crippen LogP contribution in [0.5, 0.6) is 0 Å². The maximum Gasteiger partial charge on any atom is 0.326 e. The molecule has 0 saturated heterocycles. The van der Waals surface area contributed by atoms with Crippen LogP contribution in [-0.4, -0.2) is 87.7 Å². The van der Waals surface area contributed by atoms with Gasteiger partial charge >= 0.3 is 11.9 Å². The minimum atomic E-state index is -1.67. The van der Waals surface area contributed by atoms with Crippen molar-refractivity contribution in [3.8, 4) is 0 Å². The molecule has 5 unspecified atom stereocenters. The fourth-order valence-corrected chi connectivity index (χ4v) is 2.64. The molecule has 0 radical (unpaired) electrons. The quantitative estimate of drug-likeness (QED) is 0.0960. The highest BCUT2D eigenvalue weighted by Crippen LogP contribution is 2.04. The third-order valence-corrected chi connectivity index (χ3v) is 4.39. The highest BCUT2D eigenvalue weighted by atomic mass is 16.4. The Bertz CT molecular complexity index is 730. The molecule has 188 valence electrons. The van der Waals surface area contributed by atoms with Crippen molar-refractivity contribution in [3.63, 3.8) is 0 Å². The Morgan fingerprint density at radius 1 is 0.848 bits per heavy atom. The predicted octanol–water partition coefficient (Wildman–Crippen LogP) is -4.29. The van der Waals surface area contributed by atoms with Crippen LogP contribution in [0.1, 0.15) is 39.0 Å². The van der Waals surface area contributed by atoms with Crippen molar-refractivity contribution in [3.05, 3.63) is 0 Å². The average molecular weight is 476 g/mol. The van der Waals surface area contributed by atoms with Crippen LogP contribution in [0.25, 0.3) is 0 Å². The molecule has 4 amide bonds. The first-order chi connectivity index (χ1) is 15.3. The highest BCUT2D eigenvalue weighted by molar-refractivity contribution is 5.96. The molecule has 0 saturated carbocycles. The predicted molar refractivity (Wildman–Crippen MR) is 112 cm³/mol. The van der Waals surface area contributed by atoms with Crippen LogP contribution < -0.4 is 33.2 Å². The molecule has 0 aliphatic heterocycles. The van der Waals surface area contributed by atoms with Gasteiger partial charge in [-0.05, 0) is 32.7 Å². The molecule has 0 fully saturated rings. The maximum absolute atomic E-state index is 12.6. The van der Waals surface area contributed by atoms with Crippen molar-refractivity contribution in [2.45, 2.75) is 69.3 Å². The first-order valence-electron chi connectivity index (χ1n) is 10.1. The topological polar surface area (TPSA) is 277 Å². The number of hydrogen-bond acceptors (Lipinski definition) is 9. The van der Waals surface area contributed by atoms with Gasteiger partial charge in [0.05, 0.1) is 25.0 Å². The highest BCUT2D eigenvalue weighted by Gasteiger charge is 2.33. The van der Waals surface area contributed by atoms with Crippen molar-refractivity contribution < 1.29 is 44.1 Å². The van der Waals surface area contributed by atoms with Crippen LogP contribution in [0.15, 0.2) is 0 Å². The molecule has 0 aromatic carbocycles. The van der Waals surface area contributed by atoms with Gasteiger partial charge in [0.15, 0.2) is 0 Å². The molecule has 12 N–H and O–H groups in total. The van der Waals surface area contributed by atoms with Crippen LogP contribution in [0, 0.1) is 0 Å². The largest absolute Gasteiger partial charge is 0.481 e. The number of aliphatic hydroxyl groups is 1. The van der Waals surface area contributed by atoms with Gasteiger partial charge in [-0.3, -0.25) is 24.0 Å². The summed E-state index contributed by atoms with van der Waals surface area (Å²) in [4.78, 5) is 70.6. The number of carbonyl (C=O) groups excluding carboxylic acids is 4.